The van der Waals surface area contributed by atoms with Crippen molar-refractivity contribution in [3.63, 3.8) is 0 Å². The number of alkyl halides is 3. The van der Waals surface area contributed by atoms with Crippen LogP contribution in [0.25, 0.3) is 6.08 Å². The van der Waals surface area contributed by atoms with Crippen molar-refractivity contribution in [2.75, 3.05) is 19.5 Å². The molecule has 0 aromatic heterocycles. The summed E-state index contributed by atoms with van der Waals surface area (Å²) in [5.41, 5.74) is 0.858. The van der Waals surface area contributed by atoms with Gasteiger partial charge in [-0.25, -0.2) is 4.79 Å². The van der Waals surface area contributed by atoms with Crippen molar-refractivity contribution in [2.24, 2.45) is 0 Å². The first-order valence-electron chi connectivity index (χ1n) is 8.88. The summed E-state index contributed by atoms with van der Waals surface area (Å²) in [5.74, 6) is -0.822. The minimum atomic E-state index is -4.81. The number of halogens is 3. The highest BCUT2D eigenvalue weighted by molar-refractivity contribution is 5.96. The zero-order valence-electron chi connectivity index (χ0n) is 16.9. The maximum absolute atomic E-state index is 12.2. The van der Waals surface area contributed by atoms with Gasteiger partial charge in [-0.2, -0.15) is 0 Å². The summed E-state index contributed by atoms with van der Waals surface area (Å²) in [4.78, 5) is 24.1. The molecule has 0 aliphatic heterocycles. The topological polar surface area (TPSA) is 83.1 Å². The Bertz CT molecular complexity index is 941. The van der Waals surface area contributed by atoms with Crippen molar-refractivity contribution in [1.82, 2.24) is 0 Å². The quantitative estimate of drug-likeness (QED) is 0.491. The number of nitrogens with one attached hydrogen (secondary N) is 1. The maximum Gasteiger partial charge on any atom is 0.573 e. The molecule has 0 fully saturated rings. The molecule has 2 rings (SSSR count). The summed E-state index contributed by atoms with van der Waals surface area (Å²) in [6, 6.07) is 9.58. The molecule has 0 radical (unpaired) electrons. The van der Waals surface area contributed by atoms with Gasteiger partial charge in [0.05, 0.1) is 14.2 Å². The van der Waals surface area contributed by atoms with Gasteiger partial charge in [-0.1, -0.05) is 6.07 Å². The fourth-order valence-corrected chi connectivity index (χ4v) is 2.37. The minimum absolute atomic E-state index is 0.211. The molecule has 1 atom stereocenters. The SMILES string of the molecule is COc1ccc(/C=C/C(=O)OC(C)C(=O)Nc2ccc(OC(F)(F)F)cc2)cc1OC. The predicted molar refractivity (Wildman–Crippen MR) is 106 cm³/mol. The van der Waals surface area contributed by atoms with Gasteiger partial charge in [0.25, 0.3) is 5.91 Å². The lowest BCUT2D eigenvalue weighted by Gasteiger charge is -2.13. The van der Waals surface area contributed by atoms with Crippen LogP contribution in [0.2, 0.25) is 0 Å². The number of rotatable bonds is 8. The van der Waals surface area contributed by atoms with E-state index in [2.05, 4.69) is 10.1 Å². The molecule has 7 nitrogen and oxygen atoms in total. The molecule has 1 unspecified atom stereocenters. The number of hydrogen-bond acceptors (Lipinski definition) is 6. The molecular weight excluding hydrogens is 419 g/mol. The first kappa shape index (κ1) is 23.6. The summed E-state index contributed by atoms with van der Waals surface area (Å²) in [7, 11) is 2.98. The Morgan fingerprint density at radius 1 is 1.00 bits per heavy atom. The van der Waals surface area contributed by atoms with Crippen molar-refractivity contribution in [1.29, 1.82) is 0 Å². The van der Waals surface area contributed by atoms with Gasteiger partial charge in [-0.3, -0.25) is 4.79 Å². The van der Waals surface area contributed by atoms with Gasteiger partial charge in [0.1, 0.15) is 5.75 Å². The van der Waals surface area contributed by atoms with Gasteiger partial charge in [0.2, 0.25) is 0 Å². The molecular formula is C21H20F3NO6. The molecule has 10 heteroatoms. The molecule has 0 saturated carbocycles. The molecule has 1 amide bonds. The molecule has 2 aromatic carbocycles. The van der Waals surface area contributed by atoms with Gasteiger partial charge in [0, 0.05) is 11.8 Å². The number of carbonyl (C=O) groups is 2. The van der Waals surface area contributed by atoms with Gasteiger partial charge in [0.15, 0.2) is 17.6 Å². The normalized spacial score (nSPS) is 12.2. The average molecular weight is 439 g/mol. The first-order valence-corrected chi connectivity index (χ1v) is 8.88. The fourth-order valence-electron chi connectivity index (χ4n) is 2.37. The van der Waals surface area contributed by atoms with Crippen molar-refractivity contribution in [3.05, 3.63) is 54.1 Å². The van der Waals surface area contributed by atoms with Crippen molar-refractivity contribution < 1.29 is 41.7 Å². The molecule has 1 N–H and O–H groups in total. The van der Waals surface area contributed by atoms with Crippen LogP contribution in [0.1, 0.15) is 12.5 Å². The Morgan fingerprint density at radius 2 is 1.65 bits per heavy atom. The highest BCUT2D eigenvalue weighted by atomic mass is 19.4. The Hall–Kier alpha value is -3.69. The monoisotopic (exact) mass is 439 g/mol. The van der Waals surface area contributed by atoms with Crippen LogP contribution in [-0.2, 0) is 14.3 Å². The van der Waals surface area contributed by atoms with E-state index in [0.29, 0.717) is 17.1 Å². The number of amides is 1. The smallest absolute Gasteiger partial charge is 0.493 e. The van der Waals surface area contributed by atoms with Crippen LogP contribution < -0.4 is 19.5 Å². The van der Waals surface area contributed by atoms with Crippen molar-refractivity contribution >= 4 is 23.6 Å². The molecule has 0 saturated heterocycles. The van der Waals surface area contributed by atoms with Gasteiger partial charge >= 0.3 is 12.3 Å². The van der Waals surface area contributed by atoms with Gasteiger partial charge < -0.3 is 24.3 Å². The summed E-state index contributed by atoms with van der Waals surface area (Å²) in [6.07, 6.45) is -3.32. The molecule has 2 aromatic rings. The van der Waals surface area contributed by atoms with Crippen LogP contribution in [0, 0.1) is 0 Å². The van der Waals surface area contributed by atoms with Crippen LogP contribution in [0.5, 0.6) is 17.2 Å². The highest BCUT2D eigenvalue weighted by Crippen LogP contribution is 2.28. The van der Waals surface area contributed by atoms with Crippen LogP contribution in [-0.4, -0.2) is 38.6 Å². The number of carbonyl (C=O) groups excluding carboxylic acids is 2. The highest BCUT2D eigenvalue weighted by Gasteiger charge is 2.31. The van der Waals surface area contributed by atoms with E-state index in [1.807, 2.05) is 0 Å². The number of ether oxygens (including phenoxy) is 4. The molecule has 0 spiro atoms. The third-order valence-electron chi connectivity index (χ3n) is 3.84. The summed E-state index contributed by atoms with van der Waals surface area (Å²) in [6.45, 7) is 1.36. The summed E-state index contributed by atoms with van der Waals surface area (Å²) in [5, 5.41) is 2.43. The molecule has 0 aliphatic rings. The zero-order chi connectivity index (χ0) is 23.0. The average Bonchev–Trinajstić information content (AvgIpc) is 2.72. The Balaban J connectivity index is 1.90. The van der Waals surface area contributed by atoms with E-state index < -0.39 is 30.1 Å². The molecule has 31 heavy (non-hydrogen) atoms. The Labute approximate surface area is 176 Å². The van der Waals surface area contributed by atoms with Crippen LogP contribution in [0.3, 0.4) is 0 Å². The summed E-state index contributed by atoms with van der Waals surface area (Å²) < 4.78 is 55.6. The fraction of sp³-hybridized carbons (Fsp3) is 0.238. The van der Waals surface area contributed by atoms with E-state index in [0.717, 1.165) is 18.2 Å². The second kappa shape index (κ2) is 10.4. The lowest BCUT2D eigenvalue weighted by atomic mass is 10.2. The second-order valence-electron chi connectivity index (χ2n) is 6.09. The van der Waals surface area contributed by atoms with Crippen LogP contribution in [0.15, 0.2) is 48.5 Å². The number of benzene rings is 2. The lowest BCUT2D eigenvalue weighted by Crippen LogP contribution is -2.29. The maximum atomic E-state index is 12.2. The standard InChI is InChI=1S/C21H20F3NO6/c1-13(20(27)25-15-6-8-16(9-7-15)31-21(22,23)24)30-19(26)11-5-14-4-10-17(28-2)18(12-14)29-3/h4-13H,1-3H3,(H,25,27)/b11-5+. The van der Waals surface area contributed by atoms with E-state index in [9.17, 15) is 22.8 Å². The zero-order valence-corrected chi connectivity index (χ0v) is 16.9. The second-order valence-corrected chi connectivity index (χ2v) is 6.09. The predicted octanol–water partition coefficient (Wildman–Crippen LogP) is 4.19. The van der Waals surface area contributed by atoms with Crippen molar-refractivity contribution in [3.8, 4) is 17.2 Å². The molecule has 0 aliphatic carbocycles. The number of esters is 1. The van der Waals surface area contributed by atoms with Crippen LogP contribution in [0.4, 0.5) is 18.9 Å². The molecule has 0 heterocycles. The largest absolute Gasteiger partial charge is 0.573 e. The minimum Gasteiger partial charge on any atom is -0.493 e. The van der Waals surface area contributed by atoms with Gasteiger partial charge in [-0.15, -0.1) is 13.2 Å². The number of methoxy groups -OCH3 is 2. The third kappa shape index (κ3) is 7.57. The van der Waals surface area contributed by atoms with Gasteiger partial charge in [-0.05, 0) is 55.0 Å². The van der Waals surface area contributed by atoms with E-state index >= 15 is 0 Å². The van der Waals surface area contributed by atoms with E-state index in [1.54, 1.807) is 18.2 Å². The lowest BCUT2D eigenvalue weighted by molar-refractivity contribution is -0.274. The van der Waals surface area contributed by atoms with E-state index in [4.69, 9.17) is 14.2 Å². The summed E-state index contributed by atoms with van der Waals surface area (Å²) >= 11 is 0. The van der Waals surface area contributed by atoms with Crippen LogP contribution >= 0.6 is 0 Å². The first-order chi connectivity index (χ1) is 14.6. The number of anilines is 1. The molecule has 166 valence electrons. The Kier molecular flexibility index (Phi) is 7.89. The third-order valence-corrected chi connectivity index (χ3v) is 3.84. The Morgan fingerprint density at radius 3 is 2.23 bits per heavy atom. The molecule has 0 bridgehead atoms. The van der Waals surface area contributed by atoms with Crippen molar-refractivity contribution in [2.45, 2.75) is 19.4 Å². The number of hydrogen-bond donors (Lipinski definition) is 1. The van der Waals surface area contributed by atoms with E-state index in [1.165, 1.54) is 39.4 Å². The van der Waals surface area contributed by atoms with E-state index in [-0.39, 0.29) is 5.69 Å².